The predicted octanol–water partition coefficient (Wildman–Crippen LogP) is 4.43. The first kappa shape index (κ1) is 16.0. The third kappa shape index (κ3) is 2.34. The van der Waals surface area contributed by atoms with E-state index in [-0.39, 0.29) is 16.6 Å². The van der Waals surface area contributed by atoms with Gasteiger partial charge in [-0.2, -0.15) is 5.26 Å². The van der Waals surface area contributed by atoms with E-state index in [9.17, 15) is 10.1 Å². The molecule has 6 rings (SSSR count). The van der Waals surface area contributed by atoms with Crippen LogP contribution in [0.15, 0.2) is 28.1 Å². The van der Waals surface area contributed by atoms with Gasteiger partial charge in [0, 0.05) is 10.3 Å². The molecule has 1 aromatic heterocycles. The molecule has 0 aromatic carbocycles. The summed E-state index contributed by atoms with van der Waals surface area (Å²) in [6.45, 7) is 0. The molecule has 0 saturated heterocycles. The maximum Gasteiger partial charge on any atom is 0.153 e. The van der Waals surface area contributed by atoms with E-state index in [1.807, 2.05) is 17.5 Å². The van der Waals surface area contributed by atoms with Crippen molar-refractivity contribution >= 4 is 28.9 Å². The fourth-order valence-electron chi connectivity index (χ4n) is 6.38. The smallest absolute Gasteiger partial charge is 0.153 e. The topological polar surface area (TPSA) is 66.9 Å². The van der Waals surface area contributed by atoms with Gasteiger partial charge in [0.2, 0.25) is 0 Å². The van der Waals surface area contributed by atoms with E-state index in [0.717, 1.165) is 41.9 Å². The molecule has 0 radical (unpaired) electrons. The lowest BCUT2D eigenvalue weighted by Crippen LogP contribution is -2.52. The zero-order valence-electron chi connectivity index (χ0n) is 14.1. The van der Waals surface area contributed by atoms with Crippen LogP contribution < -0.4 is 5.73 Å². The number of carbonyl (C=O) groups excluding carboxylic acids is 1. The van der Waals surface area contributed by atoms with E-state index in [1.165, 1.54) is 31.0 Å². The van der Waals surface area contributed by atoms with Crippen LogP contribution in [0.5, 0.6) is 0 Å². The van der Waals surface area contributed by atoms with Crippen LogP contribution in [-0.4, -0.2) is 11.0 Å². The predicted molar refractivity (Wildman–Crippen MR) is 101 cm³/mol. The van der Waals surface area contributed by atoms with Crippen molar-refractivity contribution in [1.29, 1.82) is 5.26 Å². The first-order valence-electron chi connectivity index (χ1n) is 9.24. The van der Waals surface area contributed by atoms with Crippen molar-refractivity contribution in [3.05, 3.63) is 33.0 Å². The van der Waals surface area contributed by atoms with Crippen LogP contribution in [0.2, 0.25) is 0 Å². The number of ketones is 1. The molecule has 0 amide bonds. The highest BCUT2D eigenvalue weighted by Crippen LogP contribution is 2.62. The fourth-order valence-corrected chi connectivity index (χ4v) is 8.68. The summed E-state index contributed by atoms with van der Waals surface area (Å²) in [4.78, 5) is 14.9. The number of thiophene rings is 1. The van der Waals surface area contributed by atoms with Gasteiger partial charge in [-0.1, -0.05) is 17.8 Å². The normalized spacial score (nSPS) is 42.0. The van der Waals surface area contributed by atoms with E-state index in [1.54, 1.807) is 11.3 Å². The number of nitriles is 1. The molecule has 4 bridgehead atoms. The molecule has 1 aliphatic heterocycles. The van der Waals surface area contributed by atoms with Crippen LogP contribution in [0.3, 0.4) is 0 Å². The van der Waals surface area contributed by atoms with Crippen LogP contribution in [-0.2, 0) is 4.79 Å². The number of nitrogens with zero attached hydrogens (tertiary/aromatic N) is 1. The van der Waals surface area contributed by atoms with Crippen molar-refractivity contribution in [2.24, 2.45) is 28.9 Å². The zero-order valence-corrected chi connectivity index (χ0v) is 15.7. The van der Waals surface area contributed by atoms with E-state index >= 15 is 0 Å². The standard InChI is InChI=1S/C20H22N2OS2/c21-10-14-16(15-2-1-3-24-15)17(25-19(14)22)18(23)20-7-11-4-12(8-20)6-13(5-11)9-20/h1-3,11-13,16-17H,4-9,22H2. The second-order valence-electron chi connectivity index (χ2n) is 8.48. The Bertz CT molecular complexity index is 754. The minimum Gasteiger partial charge on any atom is -0.393 e. The molecule has 130 valence electrons. The number of hydrogen-bond acceptors (Lipinski definition) is 5. The summed E-state index contributed by atoms with van der Waals surface area (Å²) in [5, 5.41) is 12.0. The quantitative estimate of drug-likeness (QED) is 0.855. The first-order chi connectivity index (χ1) is 12.1. The molecule has 2 atom stereocenters. The molecule has 2 unspecified atom stereocenters. The Kier molecular flexibility index (Phi) is 3.59. The average molecular weight is 371 g/mol. The number of Topliss-reactive ketones (excluding diaryl/α,β-unsaturated/α-hetero) is 1. The molecule has 4 saturated carbocycles. The number of allylic oxidation sites excluding steroid dienone is 1. The van der Waals surface area contributed by atoms with Crippen LogP contribution in [0.25, 0.3) is 0 Å². The molecule has 3 nitrogen and oxygen atoms in total. The van der Waals surface area contributed by atoms with Gasteiger partial charge in [-0.3, -0.25) is 4.79 Å². The van der Waals surface area contributed by atoms with Gasteiger partial charge in [0.1, 0.15) is 0 Å². The first-order valence-corrected chi connectivity index (χ1v) is 11.0. The molecular formula is C20H22N2OS2. The minimum atomic E-state index is -0.204. The van der Waals surface area contributed by atoms with E-state index < -0.39 is 0 Å². The lowest BCUT2D eigenvalue weighted by atomic mass is 9.48. The van der Waals surface area contributed by atoms with Gasteiger partial charge >= 0.3 is 0 Å². The third-order valence-electron chi connectivity index (χ3n) is 6.92. The van der Waals surface area contributed by atoms with Crippen molar-refractivity contribution in [2.45, 2.75) is 49.7 Å². The molecule has 4 fully saturated rings. The highest BCUT2D eigenvalue weighted by atomic mass is 32.2. The Balaban J connectivity index is 1.50. The van der Waals surface area contributed by atoms with Crippen LogP contribution in [0.1, 0.15) is 49.3 Å². The highest BCUT2D eigenvalue weighted by molar-refractivity contribution is 8.04. The number of nitrogens with two attached hydrogens (primary N) is 1. The maximum atomic E-state index is 13.8. The van der Waals surface area contributed by atoms with Gasteiger partial charge in [0.05, 0.1) is 27.8 Å². The molecule has 2 heterocycles. The molecule has 0 spiro atoms. The summed E-state index contributed by atoms with van der Waals surface area (Å²) < 4.78 is 0. The lowest BCUT2D eigenvalue weighted by molar-refractivity contribution is -0.143. The Morgan fingerprint density at radius 2 is 1.84 bits per heavy atom. The second-order valence-corrected chi connectivity index (χ2v) is 10.6. The van der Waals surface area contributed by atoms with Crippen molar-refractivity contribution in [3.63, 3.8) is 0 Å². The number of hydrogen-bond donors (Lipinski definition) is 1. The van der Waals surface area contributed by atoms with Gasteiger partial charge in [-0.25, -0.2) is 0 Å². The zero-order chi connectivity index (χ0) is 17.2. The Hall–Kier alpha value is -1.25. The number of thioether (sulfide) groups is 1. The summed E-state index contributed by atoms with van der Waals surface area (Å²) in [6.07, 6.45) is 7.24. The van der Waals surface area contributed by atoms with Gasteiger partial charge in [0.15, 0.2) is 5.78 Å². The molecule has 25 heavy (non-hydrogen) atoms. The molecule has 5 aliphatic rings. The van der Waals surface area contributed by atoms with Crippen molar-refractivity contribution in [1.82, 2.24) is 0 Å². The van der Waals surface area contributed by atoms with Gasteiger partial charge < -0.3 is 5.73 Å². The monoisotopic (exact) mass is 370 g/mol. The van der Waals surface area contributed by atoms with Gasteiger partial charge in [0.25, 0.3) is 0 Å². The Morgan fingerprint density at radius 1 is 1.20 bits per heavy atom. The van der Waals surface area contributed by atoms with Crippen LogP contribution in [0, 0.1) is 34.5 Å². The van der Waals surface area contributed by atoms with Crippen molar-refractivity contribution < 1.29 is 4.79 Å². The fraction of sp³-hybridized carbons (Fsp3) is 0.600. The van der Waals surface area contributed by atoms with Gasteiger partial charge in [-0.05, 0) is 67.7 Å². The second kappa shape index (κ2) is 5.62. The largest absolute Gasteiger partial charge is 0.393 e. The molecule has 1 aromatic rings. The average Bonchev–Trinajstić information content (AvgIpc) is 3.19. The van der Waals surface area contributed by atoms with Crippen molar-refractivity contribution in [2.75, 3.05) is 0 Å². The molecule has 2 N–H and O–H groups in total. The molecule has 4 aliphatic carbocycles. The summed E-state index contributed by atoms with van der Waals surface area (Å²) in [6, 6.07) is 6.35. The Morgan fingerprint density at radius 3 is 2.36 bits per heavy atom. The summed E-state index contributed by atoms with van der Waals surface area (Å²) in [7, 11) is 0. The lowest BCUT2D eigenvalue weighted by Gasteiger charge is -2.56. The van der Waals surface area contributed by atoms with E-state index in [4.69, 9.17) is 5.73 Å². The Labute approximate surface area is 156 Å². The van der Waals surface area contributed by atoms with E-state index in [2.05, 4.69) is 6.07 Å². The third-order valence-corrected chi connectivity index (χ3v) is 9.09. The summed E-state index contributed by atoms with van der Waals surface area (Å²) >= 11 is 3.09. The number of rotatable bonds is 3. The van der Waals surface area contributed by atoms with Crippen molar-refractivity contribution in [3.8, 4) is 6.07 Å². The van der Waals surface area contributed by atoms with Crippen LogP contribution >= 0.6 is 23.1 Å². The van der Waals surface area contributed by atoms with E-state index in [0.29, 0.717) is 16.4 Å². The number of carbonyl (C=O) groups is 1. The molecule has 5 heteroatoms. The van der Waals surface area contributed by atoms with Gasteiger partial charge in [-0.15, -0.1) is 11.3 Å². The van der Waals surface area contributed by atoms with Crippen LogP contribution in [0.4, 0.5) is 0 Å². The highest BCUT2D eigenvalue weighted by Gasteiger charge is 2.57. The minimum absolute atomic E-state index is 0.132. The SMILES string of the molecule is N#CC1=C(N)SC(C(=O)C23CC4CC(CC(C4)C2)C3)C1c1cccs1. The summed E-state index contributed by atoms with van der Waals surface area (Å²) in [5.41, 5.74) is 6.65. The maximum absolute atomic E-state index is 13.8. The summed E-state index contributed by atoms with van der Waals surface area (Å²) in [5.74, 6) is 2.51. The molecular weight excluding hydrogens is 348 g/mol.